The van der Waals surface area contributed by atoms with E-state index in [1.54, 1.807) is 6.92 Å². The highest BCUT2D eigenvalue weighted by Crippen LogP contribution is 1.72. The summed E-state index contributed by atoms with van der Waals surface area (Å²) >= 11 is 4.88. The molecule has 0 heterocycles. The van der Waals surface area contributed by atoms with Crippen LogP contribution in [-0.2, 0) is 0 Å². The molecule has 0 saturated carbocycles. The standard InChI is InChI=1S/C4H5ClO/c1-4(6)2-3-5/h4,6H,1H3. The topological polar surface area (TPSA) is 20.2 Å². The van der Waals surface area contributed by atoms with Crippen LogP contribution in [0.15, 0.2) is 0 Å². The Bertz CT molecular complexity index is 77.3. The molecule has 0 bridgehead atoms. The highest BCUT2D eigenvalue weighted by atomic mass is 35.5. The molecule has 0 aromatic carbocycles. The van der Waals surface area contributed by atoms with Crippen molar-refractivity contribution in [2.24, 2.45) is 0 Å². The van der Waals surface area contributed by atoms with Crippen LogP contribution in [0.1, 0.15) is 6.92 Å². The molecule has 0 aliphatic rings. The fraction of sp³-hybridized carbons (Fsp3) is 0.500. The van der Waals surface area contributed by atoms with E-state index in [1.165, 1.54) is 0 Å². The maximum atomic E-state index is 8.29. The van der Waals surface area contributed by atoms with E-state index in [0.29, 0.717) is 0 Å². The Labute approximate surface area is 41.9 Å². The van der Waals surface area contributed by atoms with Crippen molar-refractivity contribution in [2.45, 2.75) is 13.0 Å². The normalized spacial score (nSPS) is 11.8. The first-order valence-electron chi connectivity index (χ1n) is 1.56. The van der Waals surface area contributed by atoms with Crippen LogP contribution in [0.5, 0.6) is 0 Å². The van der Waals surface area contributed by atoms with Gasteiger partial charge in [-0.15, -0.1) is 0 Å². The summed E-state index contributed by atoms with van der Waals surface area (Å²) in [5.74, 6) is 2.28. The van der Waals surface area contributed by atoms with Crippen LogP contribution >= 0.6 is 11.6 Å². The lowest BCUT2D eigenvalue weighted by Crippen LogP contribution is -1.90. The fourth-order valence-corrected chi connectivity index (χ4v) is 0.237. The van der Waals surface area contributed by atoms with Crippen LogP contribution in [0.25, 0.3) is 0 Å². The number of aliphatic hydroxyl groups excluding tert-OH is 1. The number of halogens is 1. The molecule has 0 fully saturated rings. The van der Waals surface area contributed by atoms with Gasteiger partial charge in [-0.3, -0.25) is 0 Å². The average Bonchev–Trinajstić information content (AvgIpc) is 1.35. The van der Waals surface area contributed by atoms with Crippen LogP contribution in [-0.4, -0.2) is 11.2 Å². The monoisotopic (exact) mass is 104 g/mol. The average molecular weight is 105 g/mol. The molecule has 0 aliphatic carbocycles. The Morgan fingerprint density at radius 2 is 2.33 bits per heavy atom. The smallest absolute Gasteiger partial charge is 0.113 e. The first-order chi connectivity index (χ1) is 2.77. The molecule has 0 rings (SSSR count). The molecule has 0 aromatic rings. The van der Waals surface area contributed by atoms with E-state index in [1.807, 2.05) is 5.38 Å². The number of aliphatic hydroxyl groups is 1. The summed E-state index contributed by atoms with van der Waals surface area (Å²) in [6.07, 6.45) is -0.595. The van der Waals surface area contributed by atoms with E-state index in [4.69, 9.17) is 16.7 Å². The zero-order valence-corrected chi connectivity index (χ0v) is 4.16. The quantitative estimate of drug-likeness (QED) is 0.446. The third-order valence-electron chi connectivity index (χ3n) is 0.263. The number of hydrogen-bond donors (Lipinski definition) is 1. The lowest BCUT2D eigenvalue weighted by atomic mass is 10.4. The highest BCUT2D eigenvalue weighted by molar-refractivity contribution is 6.30. The van der Waals surface area contributed by atoms with Gasteiger partial charge in [0, 0.05) is 5.38 Å². The molecule has 0 aromatic heterocycles. The maximum Gasteiger partial charge on any atom is 0.113 e. The van der Waals surface area contributed by atoms with Gasteiger partial charge in [0.05, 0.1) is 0 Å². The van der Waals surface area contributed by atoms with Crippen molar-refractivity contribution in [3.8, 4) is 11.3 Å². The Morgan fingerprint density at radius 3 is 2.33 bits per heavy atom. The molecule has 2 heteroatoms. The zero-order valence-electron chi connectivity index (χ0n) is 3.40. The number of rotatable bonds is 0. The predicted octanol–water partition coefficient (Wildman–Crippen LogP) is 0.567. The van der Waals surface area contributed by atoms with Gasteiger partial charge in [0.15, 0.2) is 0 Å². The zero-order chi connectivity index (χ0) is 4.99. The lowest BCUT2D eigenvalue weighted by molar-refractivity contribution is 0.253. The molecule has 1 nitrogen and oxygen atoms in total. The molecule has 1 unspecified atom stereocenters. The van der Waals surface area contributed by atoms with Gasteiger partial charge < -0.3 is 5.11 Å². The lowest BCUT2D eigenvalue weighted by Gasteiger charge is -1.81. The Morgan fingerprint density at radius 1 is 1.83 bits per heavy atom. The second kappa shape index (κ2) is 3.02. The van der Waals surface area contributed by atoms with Crippen LogP contribution in [0.3, 0.4) is 0 Å². The van der Waals surface area contributed by atoms with Gasteiger partial charge in [-0.1, -0.05) is 5.92 Å². The fourth-order valence-electron chi connectivity index (χ4n) is 0.0790. The third-order valence-corrected chi connectivity index (χ3v) is 0.373. The minimum Gasteiger partial charge on any atom is -0.381 e. The second-order valence-electron chi connectivity index (χ2n) is 0.915. The van der Waals surface area contributed by atoms with Gasteiger partial charge in [0.2, 0.25) is 0 Å². The van der Waals surface area contributed by atoms with Gasteiger partial charge in [0.1, 0.15) is 6.10 Å². The van der Waals surface area contributed by atoms with E-state index in [-0.39, 0.29) is 0 Å². The Hall–Kier alpha value is -0.190. The van der Waals surface area contributed by atoms with Crippen molar-refractivity contribution in [1.29, 1.82) is 0 Å². The summed E-state index contributed by atoms with van der Waals surface area (Å²) in [7, 11) is 0. The summed E-state index contributed by atoms with van der Waals surface area (Å²) in [6.45, 7) is 1.55. The van der Waals surface area contributed by atoms with Crippen LogP contribution in [0.4, 0.5) is 0 Å². The van der Waals surface area contributed by atoms with Crippen molar-refractivity contribution < 1.29 is 5.11 Å². The molecule has 1 atom stereocenters. The van der Waals surface area contributed by atoms with Crippen LogP contribution in [0, 0.1) is 11.3 Å². The minimum absolute atomic E-state index is 0.595. The van der Waals surface area contributed by atoms with Crippen LogP contribution in [0.2, 0.25) is 0 Å². The van der Waals surface area contributed by atoms with Crippen molar-refractivity contribution in [3.05, 3.63) is 0 Å². The van der Waals surface area contributed by atoms with E-state index in [0.717, 1.165) is 0 Å². The van der Waals surface area contributed by atoms with Crippen molar-refractivity contribution in [2.75, 3.05) is 0 Å². The SMILES string of the molecule is CC(O)C#CCl. The number of hydrogen-bond acceptors (Lipinski definition) is 1. The summed E-state index contributed by atoms with van der Waals surface area (Å²) < 4.78 is 0. The first-order valence-corrected chi connectivity index (χ1v) is 1.94. The second-order valence-corrected chi connectivity index (χ2v) is 1.10. The molecule has 0 saturated heterocycles. The first kappa shape index (κ1) is 5.81. The maximum absolute atomic E-state index is 8.29. The Kier molecular flexibility index (Phi) is 2.92. The molecule has 0 spiro atoms. The molecule has 0 aliphatic heterocycles. The summed E-state index contributed by atoms with van der Waals surface area (Å²) in [6, 6.07) is 0. The minimum atomic E-state index is -0.595. The molecular weight excluding hydrogens is 99.5 g/mol. The summed E-state index contributed by atoms with van der Waals surface area (Å²) in [5.41, 5.74) is 0. The van der Waals surface area contributed by atoms with Crippen molar-refractivity contribution in [1.82, 2.24) is 0 Å². The van der Waals surface area contributed by atoms with Crippen molar-refractivity contribution in [3.63, 3.8) is 0 Å². The van der Waals surface area contributed by atoms with E-state index in [2.05, 4.69) is 5.92 Å². The van der Waals surface area contributed by atoms with Gasteiger partial charge in [0.25, 0.3) is 0 Å². The van der Waals surface area contributed by atoms with Gasteiger partial charge in [-0.05, 0) is 18.5 Å². The molecule has 1 N–H and O–H groups in total. The molecular formula is C4H5ClO. The van der Waals surface area contributed by atoms with E-state index in [9.17, 15) is 0 Å². The van der Waals surface area contributed by atoms with Crippen molar-refractivity contribution >= 4 is 11.6 Å². The molecule has 0 radical (unpaired) electrons. The van der Waals surface area contributed by atoms with Gasteiger partial charge in [-0.2, -0.15) is 0 Å². The molecule has 34 valence electrons. The highest BCUT2D eigenvalue weighted by Gasteiger charge is 1.78. The molecule has 0 amide bonds. The van der Waals surface area contributed by atoms with Crippen LogP contribution < -0.4 is 0 Å². The predicted molar refractivity (Wildman–Crippen MR) is 25.3 cm³/mol. The molecule has 6 heavy (non-hydrogen) atoms. The van der Waals surface area contributed by atoms with E-state index < -0.39 is 6.10 Å². The van der Waals surface area contributed by atoms with E-state index >= 15 is 0 Å². The Balaban J connectivity index is 3.20. The van der Waals surface area contributed by atoms with Gasteiger partial charge >= 0.3 is 0 Å². The third kappa shape index (κ3) is 3.81. The van der Waals surface area contributed by atoms with Gasteiger partial charge in [-0.25, -0.2) is 0 Å². The summed E-state index contributed by atoms with van der Waals surface area (Å²) in [4.78, 5) is 0. The summed E-state index contributed by atoms with van der Waals surface area (Å²) in [5, 5.41) is 10.3. The largest absolute Gasteiger partial charge is 0.381 e.